The molecule has 0 spiro atoms. The van der Waals surface area contributed by atoms with Crippen LogP contribution in [0.25, 0.3) is 6.08 Å². The number of allylic oxidation sites excluding steroid dienone is 1. The van der Waals surface area contributed by atoms with Gasteiger partial charge in [-0.15, -0.1) is 0 Å². The second kappa shape index (κ2) is 7.74. The summed E-state index contributed by atoms with van der Waals surface area (Å²) in [5, 5.41) is 14.8. The minimum Gasteiger partial charge on any atom is -0.497 e. The Kier molecular flexibility index (Phi) is 5.46. The number of hydrazone groups is 1. The van der Waals surface area contributed by atoms with Gasteiger partial charge in [0.2, 0.25) is 0 Å². The fourth-order valence-corrected chi connectivity index (χ4v) is 1.81. The van der Waals surface area contributed by atoms with Gasteiger partial charge in [-0.3, -0.25) is 15.5 Å². The van der Waals surface area contributed by atoms with Gasteiger partial charge in [0.25, 0.3) is 5.69 Å². The molecule has 0 bridgehead atoms. The first-order chi connectivity index (χ1) is 11.1. The SMILES string of the molecule is COc1cccc(/C=C/C(C)=N/Nc2ccc([N+](=O)[O-])cc2)c1. The quantitative estimate of drug-likeness (QED) is 0.495. The van der Waals surface area contributed by atoms with Gasteiger partial charge in [0.1, 0.15) is 5.75 Å². The van der Waals surface area contributed by atoms with Gasteiger partial charge < -0.3 is 4.74 Å². The molecule has 1 N–H and O–H groups in total. The van der Waals surface area contributed by atoms with Crippen molar-refractivity contribution in [3.63, 3.8) is 0 Å². The second-order valence-corrected chi connectivity index (χ2v) is 4.78. The number of nitrogens with one attached hydrogen (secondary N) is 1. The summed E-state index contributed by atoms with van der Waals surface area (Å²) in [6.07, 6.45) is 3.80. The van der Waals surface area contributed by atoms with Gasteiger partial charge in [0.05, 0.1) is 23.4 Å². The van der Waals surface area contributed by atoms with Crippen molar-refractivity contribution in [1.82, 2.24) is 0 Å². The second-order valence-electron chi connectivity index (χ2n) is 4.78. The van der Waals surface area contributed by atoms with Crippen LogP contribution in [0.15, 0.2) is 59.7 Å². The van der Waals surface area contributed by atoms with Gasteiger partial charge in [-0.25, -0.2) is 0 Å². The molecule has 0 aliphatic rings. The van der Waals surface area contributed by atoms with Crippen molar-refractivity contribution in [2.75, 3.05) is 12.5 Å². The zero-order valence-electron chi connectivity index (χ0n) is 12.9. The Morgan fingerprint density at radius 2 is 2.00 bits per heavy atom. The Morgan fingerprint density at radius 1 is 1.26 bits per heavy atom. The third-order valence-corrected chi connectivity index (χ3v) is 3.05. The summed E-state index contributed by atoms with van der Waals surface area (Å²) in [7, 11) is 1.63. The van der Waals surface area contributed by atoms with Crippen molar-refractivity contribution < 1.29 is 9.66 Å². The molecule has 6 heteroatoms. The lowest BCUT2D eigenvalue weighted by atomic mass is 10.2. The summed E-state index contributed by atoms with van der Waals surface area (Å²) in [5.41, 5.74) is 5.37. The zero-order valence-corrected chi connectivity index (χ0v) is 12.9. The van der Waals surface area contributed by atoms with Gasteiger partial charge in [-0.05, 0) is 42.8 Å². The molecule has 0 radical (unpaired) electrons. The molecule has 118 valence electrons. The van der Waals surface area contributed by atoms with Crippen LogP contribution in [0.2, 0.25) is 0 Å². The standard InChI is InChI=1S/C17H17N3O3/c1-13(6-7-14-4-3-5-17(12-14)23-2)18-19-15-8-10-16(11-9-15)20(21)22/h3-12,19H,1-2H3/b7-6+,18-13+. The smallest absolute Gasteiger partial charge is 0.269 e. The number of ether oxygens (including phenoxy) is 1. The number of rotatable bonds is 6. The van der Waals surface area contributed by atoms with E-state index in [1.54, 1.807) is 19.2 Å². The van der Waals surface area contributed by atoms with Crippen LogP contribution in [0.4, 0.5) is 11.4 Å². The van der Waals surface area contributed by atoms with E-state index >= 15 is 0 Å². The molecule has 23 heavy (non-hydrogen) atoms. The molecule has 2 aromatic carbocycles. The minimum atomic E-state index is -0.435. The molecule has 0 saturated carbocycles. The highest BCUT2D eigenvalue weighted by Gasteiger charge is 2.02. The summed E-state index contributed by atoms with van der Waals surface area (Å²) in [5.74, 6) is 0.797. The highest BCUT2D eigenvalue weighted by atomic mass is 16.6. The largest absolute Gasteiger partial charge is 0.497 e. The molecule has 2 rings (SSSR count). The summed E-state index contributed by atoms with van der Waals surface area (Å²) < 4.78 is 5.17. The van der Waals surface area contributed by atoms with E-state index in [0.717, 1.165) is 17.0 Å². The molecule has 2 aromatic rings. The Morgan fingerprint density at radius 3 is 2.65 bits per heavy atom. The normalized spacial score (nSPS) is 11.5. The van der Waals surface area contributed by atoms with Crippen LogP contribution in [-0.2, 0) is 0 Å². The van der Waals surface area contributed by atoms with Crippen LogP contribution < -0.4 is 10.2 Å². The number of hydrogen-bond donors (Lipinski definition) is 1. The number of anilines is 1. The van der Waals surface area contributed by atoms with Gasteiger partial charge in [0.15, 0.2) is 0 Å². The number of nitro groups is 1. The van der Waals surface area contributed by atoms with E-state index < -0.39 is 4.92 Å². The number of nitrogens with zero attached hydrogens (tertiary/aromatic N) is 2. The number of hydrogen-bond acceptors (Lipinski definition) is 5. The topological polar surface area (TPSA) is 76.8 Å². The predicted octanol–water partition coefficient (Wildman–Crippen LogP) is 4.10. The molecule has 0 aromatic heterocycles. The lowest BCUT2D eigenvalue weighted by Gasteiger charge is -2.01. The highest BCUT2D eigenvalue weighted by molar-refractivity contribution is 5.96. The molecule has 0 heterocycles. The first kappa shape index (κ1) is 16.2. The number of benzene rings is 2. The zero-order chi connectivity index (χ0) is 16.7. The van der Waals surface area contributed by atoms with Crippen molar-refractivity contribution in [3.05, 3.63) is 70.3 Å². The van der Waals surface area contributed by atoms with E-state index in [2.05, 4.69) is 10.5 Å². The van der Waals surface area contributed by atoms with Crippen molar-refractivity contribution in [3.8, 4) is 5.75 Å². The van der Waals surface area contributed by atoms with Crippen LogP contribution in [0.3, 0.4) is 0 Å². The van der Waals surface area contributed by atoms with E-state index in [1.807, 2.05) is 43.3 Å². The molecule has 0 unspecified atom stereocenters. The summed E-state index contributed by atoms with van der Waals surface area (Å²) in [6, 6.07) is 13.8. The van der Waals surface area contributed by atoms with Gasteiger partial charge in [-0.2, -0.15) is 5.10 Å². The van der Waals surface area contributed by atoms with E-state index in [4.69, 9.17) is 4.74 Å². The third kappa shape index (κ3) is 4.96. The number of nitro benzene ring substituents is 1. The monoisotopic (exact) mass is 311 g/mol. The molecular formula is C17H17N3O3. The maximum Gasteiger partial charge on any atom is 0.269 e. The number of methoxy groups -OCH3 is 1. The van der Waals surface area contributed by atoms with Crippen molar-refractivity contribution in [2.24, 2.45) is 5.10 Å². The fraction of sp³-hybridized carbons (Fsp3) is 0.118. The maximum atomic E-state index is 10.6. The van der Waals surface area contributed by atoms with Gasteiger partial charge in [-0.1, -0.05) is 18.2 Å². The van der Waals surface area contributed by atoms with Crippen LogP contribution in [0.1, 0.15) is 12.5 Å². The summed E-state index contributed by atoms with van der Waals surface area (Å²) in [6.45, 7) is 1.86. The van der Waals surface area contributed by atoms with Crippen LogP contribution >= 0.6 is 0 Å². The number of non-ortho nitro benzene ring substituents is 1. The first-order valence-corrected chi connectivity index (χ1v) is 6.95. The van der Waals surface area contributed by atoms with Gasteiger partial charge >= 0.3 is 0 Å². The lowest BCUT2D eigenvalue weighted by Crippen LogP contribution is -1.95. The summed E-state index contributed by atoms with van der Waals surface area (Å²) in [4.78, 5) is 10.1. The predicted molar refractivity (Wildman–Crippen MR) is 91.9 cm³/mol. The third-order valence-electron chi connectivity index (χ3n) is 3.05. The Bertz CT molecular complexity index is 737. The maximum absolute atomic E-state index is 10.6. The Labute approximate surface area is 134 Å². The Hall–Kier alpha value is -3.15. The van der Waals surface area contributed by atoms with E-state index in [9.17, 15) is 10.1 Å². The van der Waals surface area contributed by atoms with E-state index in [0.29, 0.717) is 5.69 Å². The van der Waals surface area contributed by atoms with Crippen molar-refractivity contribution in [1.29, 1.82) is 0 Å². The molecular weight excluding hydrogens is 294 g/mol. The van der Waals surface area contributed by atoms with E-state index in [1.165, 1.54) is 12.1 Å². The molecule has 0 atom stereocenters. The average molecular weight is 311 g/mol. The highest BCUT2D eigenvalue weighted by Crippen LogP contribution is 2.16. The first-order valence-electron chi connectivity index (χ1n) is 6.95. The summed E-state index contributed by atoms with van der Waals surface area (Å²) >= 11 is 0. The van der Waals surface area contributed by atoms with E-state index in [-0.39, 0.29) is 5.69 Å². The van der Waals surface area contributed by atoms with Gasteiger partial charge in [0, 0.05) is 12.1 Å². The Balaban J connectivity index is 1.99. The molecule has 0 fully saturated rings. The average Bonchev–Trinajstić information content (AvgIpc) is 2.58. The molecule has 0 aliphatic carbocycles. The van der Waals surface area contributed by atoms with Crippen molar-refractivity contribution >= 4 is 23.2 Å². The van der Waals surface area contributed by atoms with Crippen LogP contribution in [0.5, 0.6) is 5.75 Å². The molecule has 0 saturated heterocycles. The molecule has 0 aliphatic heterocycles. The molecule has 0 amide bonds. The van der Waals surface area contributed by atoms with Crippen LogP contribution in [-0.4, -0.2) is 17.7 Å². The molecule has 6 nitrogen and oxygen atoms in total. The lowest BCUT2D eigenvalue weighted by molar-refractivity contribution is -0.384. The minimum absolute atomic E-state index is 0.0502. The fourth-order valence-electron chi connectivity index (χ4n) is 1.81. The van der Waals surface area contributed by atoms with Crippen molar-refractivity contribution in [2.45, 2.75) is 6.92 Å². The van der Waals surface area contributed by atoms with Crippen LogP contribution in [0, 0.1) is 10.1 Å².